The predicted octanol–water partition coefficient (Wildman–Crippen LogP) is 4.68. The van der Waals surface area contributed by atoms with Gasteiger partial charge < -0.3 is 9.64 Å². The summed E-state index contributed by atoms with van der Waals surface area (Å²) < 4.78 is 20.2. The Morgan fingerprint density at radius 2 is 2.08 bits per heavy atom. The van der Waals surface area contributed by atoms with E-state index in [1.807, 2.05) is 27.7 Å². The average Bonchev–Trinajstić information content (AvgIpc) is 2.46. The summed E-state index contributed by atoms with van der Waals surface area (Å²) in [7, 11) is 0. The van der Waals surface area contributed by atoms with Gasteiger partial charge in [0, 0.05) is 42.3 Å². The van der Waals surface area contributed by atoms with Crippen LogP contribution in [0, 0.1) is 5.82 Å². The summed E-state index contributed by atoms with van der Waals surface area (Å²) in [6.07, 6.45) is -0.299. The molecule has 0 radical (unpaired) electrons. The number of hydrogen-bond donors (Lipinski definition) is 0. The predicted molar refractivity (Wildman–Crippen MR) is 96.8 cm³/mol. The van der Waals surface area contributed by atoms with Crippen LogP contribution in [0.1, 0.15) is 33.3 Å². The first-order valence-electron chi connectivity index (χ1n) is 7.93. The van der Waals surface area contributed by atoms with Gasteiger partial charge in [0.2, 0.25) is 0 Å². The molecule has 0 unspecified atom stereocenters. The monoisotopic (exact) mass is 420 g/mol. The van der Waals surface area contributed by atoms with Crippen LogP contribution in [0.2, 0.25) is 5.02 Å². The quantitative estimate of drug-likeness (QED) is 0.650. The van der Waals surface area contributed by atoms with Gasteiger partial charge in [0.25, 0.3) is 0 Å². The SMILES string of the molecule is C[C@@H]1CN(Cc2ccc(Br)c(Cl)c2F)CCN1C(=O)OC(C)(C)C. The van der Waals surface area contributed by atoms with Crippen molar-refractivity contribution in [2.45, 2.75) is 45.9 Å². The zero-order chi connectivity index (χ0) is 18.1. The molecule has 1 aliphatic heterocycles. The third kappa shape index (κ3) is 4.83. The number of benzene rings is 1. The molecule has 1 fully saturated rings. The number of hydrogen-bond acceptors (Lipinski definition) is 3. The highest BCUT2D eigenvalue weighted by atomic mass is 79.9. The third-order valence-corrected chi connectivity index (χ3v) is 5.11. The molecule has 0 aliphatic carbocycles. The maximum atomic E-state index is 14.2. The zero-order valence-corrected chi connectivity index (χ0v) is 16.7. The second-order valence-electron chi connectivity index (χ2n) is 7.09. The minimum absolute atomic E-state index is 0.00239. The molecule has 24 heavy (non-hydrogen) atoms. The molecule has 1 aliphatic rings. The van der Waals surface area contributed by atoms with E-state index in [0.29, 0.717) is 36.2 Å². The smallest absolute Gasteiger partial charge is 0.410 e. The molecular formula is C17H23BrClFN2O2. The second kappa shape index (κ2) is 7.58. The number of amides is 1. The molecule has 134 valence electrons. The molecule has 4 nitrogen and oxygen atoms in total. The lowest BCUT2D eigenvalue weighted by Gasteiger charge is -2.40. The van der Waals surface area contributed by atoms with Gasteiger partial charge in [0.05, 0.1) is 5.02 Å². The van der Waals surface area contributed by atoms with Gasteiger partial charge in [-0.05, 0) is 49.7 Å². The van der Waals surface area contributed by atoms with Crippen LogP contribution < -0.4 is 0 Å². The van der Waals surface area contributed by atoms with Gasteiger partial charge in [-0.2, -0.15) is 0 Å². The van der Waals surface area contributed by atoms with Gasteiger partial charge in [-0.3, -0.25) is 4.90 Å². The Bertz CT molecular complexity index is 621. The van der Waals surface area contributed by atoms with Crippen LogP contribution in [0.3, 0.4) is 0 Å². The number of halogens is 3. The van der Waals surface area contributed by atoms with Crippen molar-refractivity contribution in [3.63, 3.8) is 0 Å². The van der Waals surface area contributed by atoms with E-state index in [9.17, 15) is 9.18 Å². The minimum Gasteiger partial charge on any atom is -0.444 e. The van der Waals surface area contributed by atoms with Crippen LogP contribution in [-0.2, 0) is 11.3 Å². The Hall–Kier alpha value is -0.850. The van der Waals surface area contributed by atoms with Crippen LogP contribution >= 0.6 is 27.5 Å². The number of nitrogens with zero attached hydrogens (tertiary/aromatic N) is 2. The van der Waals surface area contributed by atoms with Gasteiger partial charge in [0.1, 0.15) is 11.4 Å². The molecule has 1 aromatic carbocycles. The van der Waals surface area contributed by atoms with Crippen LogP contribution in [0.4, 0.5) is 9.18 Å². The number of carbonyl (C=O) groups excluding carboxylic acids is 1. The Morgan fingerprint density at radius 3 is 2.67 bits per heavy atom. The van der Waals surface area contributed by atoms with Crippen molar-refractivity contribution >= 4 is 33.6 Å². The molecule has 1 atom stereocenters. The molecule has 0 bridgehead atoms. The van der Waals surface area contributed by atoms with Gasteiger partial charge in [-0.1, -0.05) is 17.7 Å². The lowest BCUT2D eigenvalue weighted by atomic mass is 10.1. The van der Waals surface area contributed by atoms with Crippen LogP contribution in [-0.4, -0.2) is 47.2 Å². The molecule has 1 aromatic rings. The van der Waals surface area contributed by atoms with Crippen LogP contribution in [0.5, 0.6) is 0 Å². The standard InChI is InChI=1S/C17H23BrClFN2O2/c1-11-9-21(7-8-22(11)16(23)24-17(2,3)4)10-12-5-6-13(18)14(19)15(12)20/h5-6,11H,7-10H2,1-4H3/t11-/m1/s1. The largest absolute Gasteiger partial charge is 0.444 e. The van der Waals surface area contributed by atoms with Gasteiger partial charge >= 0.3 is 6.09 Å². The van der Waals surface area contributed by atoms with E-state index in [0.717, 1.165) is 0 Å². The summed E-state index contributed by atoms with van der Waals surface area (Å²) in [5.74, 6) is -0.395. The summed E-state index contributed by atoms with van der Waals surface area (Å²) >= 11 is 9.16. The molecule has 0 saturated carbocycles. The highest BCUT2D eigenvalue weighted by Gasteiger charge is 2.31. The molecule has 1 heterocycles. The van der Waals surface area contributed by atoms with Crippen molar-refractivity contribution in [2.75, 3.05) is 19.6 Å². The Balaban J connectivity index is 1.99. The molecule has 0 spiro atoms. The second-order valence-corrected chi connectivity index (χ2v) is 8.32. The van der Waals surface area contributed by atoms with Crippen molar-refractivity contribution in [1.29, 1.82) is 0 Å². The highest BCUT2D eigenvalue weighted by Crippen LogP contribution is 2.28. The van der Waals surface area contributed by atoms with Crippen molar-refractivity contribution in [3.05, 3.63) is 33.0 Å². The number of rotatable bonds is 2. The minimum atomic E-state index is -0.509. The Kier molecular flexibility index (Phi) is 6.15. The Morgan fingerprint density at radius 1 is 1.42 bits per heavy atom. The van der Waals surface area contributed by atoms with Gasteiger partial charge in [-0.15, -0.1) is 0 Å². The first-order valence-corrected chi connectivity index (χ1v) is 9.10. The fourth-order valence-corrected chi connectivity index (χ4v) is 3.19. The van der Waals surface area contributed by atoms with Crippen molar-refractivity contribution < 1.29 is 13.9 Å². The topological polar surface area (TPSA) is 32.8 Å². The summed E-state index contributed by atoms with van der Waals surface area (Å²) in [5, 5.41) is 0.105. The summed E-state index contributed by atoms with van der Waals surface area (Å²) in [6.45, 7) is 9.88. The van der Waals surface area contributed by atoms with Crippen LogP contribution in [0.25, 0.3) is 0 Å². The Labute approximate surface area is 156 Å². The molecule has 1 amide bonds. The molecule has 0 aromatic heterocycles. The van der Waals surface area contributed by atoms with Crippen molar-refractivity contribution in [1.82, 2.24) is 9.80 Å². The van der Waals surface area contributed by atoms with E-state index in [4.69, 9.17) is 16.3 Å². The lowest BCUT2D eigenvalue weighted by Crippen LogP contribution is -2.54. The zero-order valence-electron chi connectivity index (χ0n) is 14.4. The number of ether oxygens (including phenoxy) is 1. The summed E-state index contributed by atoms with van der Waals surface area (Å²) in [6, 6.07) is 3.49. The maximum absolute atomic E-state index is 14.2. The van der Waals surface area contributed by atoms with Crippen LogP contribution in [0.15, 0.2) is 16.6 Å². The highest BCUT2D eigenvalue weighted by molar-refractivity contribution is 9.10. The fraction of sp³-hybridized carbons (Fsp3) is 0.588. The van der Waals surface area contributed by atoms with Crippen molar-refractivity contribution in [2.24, 2.45) is 0 Å². The van der Waals surface area contributed by atoms with E-state index in [2.05, 4.69) is 20.8 Å². The lowest BCUT2D eigenvalue weighted by molar-refractivity contribution is 0.000442. The number of carbonyl (C=O) groups is 1. The molecule has 7 heteroatoms. The average molecular weight is 422 g/mol. The van der Waals surface area contributed by atoms with Gasteiger partial charge in [-0.25, -0.2) is 9.18 Å². The first-order chi connectivity index (χ1) is 11.1. The molecular weight excluding hydrogens is 399 g/mol. The molecule has 2 rings (SSSR count). The fourth-order valence-electron chi connectivity index (χ4n) is 2.70. The van der Waals surface area contributed by atoms with Gasteiger partial charge in [0.15, 0.2) is 0 Å². The number of piperazine rings is 1. The van der Waals surface area contributed by atoms with E-state index in [1.54, 1.807) is 17.0 Å². The van der Waals surface area contributed by atoms with E-state index < -0.39 is 11.4 Å². The van der Waals surface area contributed by atoms with E-state index in [1.165, 1.54) is 0 Å². The third-order valence-electron chi connectivity index (χ3n) is 3.85. The first kappa shape index (κ1) is 19.5. The normalized spacial score (nSPS) is 19.5. The van der Waals surface area contributed by atoms with E-state index in [-0.39, 0.29) is 17.2 Å². The summed E-state index contributed by atoms with van der Waals surface area (Å²) in [4.78, 5) is 16.1. The molecule has 0 N–H and O–H groups in total. The molecule has 1 saturated heterocycles. The summed E-state index contributed by atoms with van der Waals surface area (Å²) in [5.41, 5.74) is 0.0479. The maximum Gasteiger partial charge on any atom is 0.410 e. The van der Waals surface area contributed by atoms with Crippen molar-refractivity contribution in [3.8, 4) is 0 Å². The van der Waals surface area contributed by atoms with E-state index >= 15 is 0 Å².